The summed E-state index contributed by atoms with van der Waals surface area (Å²) in [5.41, 5.74) is 1.94. The molecule has 0 bridgehead atoms. The van der Waals surface area contributed by atoms with Crippen molar-refractivity contribution in [3.05, 3.63) is 59.2 Å². The summed E-state index contributed by atoms with van der Waals surface area (Å²) >= 11 is 6.09. The molecule has 0 saturated carbocycles. The lowest BCUT2D eigenvalue weighted by Gasteiger charge is -2.35. The van der Waals surface area contributed by atoms with Gasteiger partial charge in [-0.3, -0.25) is 4.90 Å². The molecule has 25 heavy (non-hydrogen) atoms. The highest BCUT2D eigenvalue weighted by atomic mass is 35.5. The van der Waals surface area contributed by atoms with E-state index < -0.39 is 0 Å². The van der Waals surface area contributed by atoms with Crippen LogP contribution in [0.1, 0.15) is 12.0 Å². The Morgan fingerprint density at radius 3 is 2.68 bits per heavy atom. The highest BCUT2D eigenvalue weighted by Crippen LogP contribution is 2.15. The van der Waals surface area contributed by atoms with E-state index in [4.69, 9.17) is 16.4 Å². The third kappa shape index (κ3) is 4.94. The summed E-state index contributed by atoms with van der Waals surface area (Å²) in [5, 5.41) is 4.91. The minimum absolute atomic E-state index is 0.713. The van der Waals surface area contributed by atoms with Crippen LogP contribution in [0.15, 0.2) is 53.8 Å². The average molecular weight is 359 g/mol. The number of nitrogens with zero attached hydrogens (tertiary/aromatic N) is 4. The standard InChI is InChI=1S/C19H23ClN4O/c1-25-22-18(16-5-4-6-17(20)15-16)8-10-23-11-13-24(14-12-23)19-7-2-3-9-21-19/h2-7,9,15H,8,10-14H2,1H3/b22-18-. The Hall–Kier alpha value is -2.11. The Labute approximate surface area is 153 Å². The highest BCUT2D eigenvalue weighted by Gasteiger charge is 2.18. The number of benzene rings is 1. The molecule has 5 nitrogen and oxygen atoms in total. The molecular formula is C19H23ClN4O. The van der Waals surface area contributed by atoms with Gasteiger partial charge in [-0.1, -0.05) is 35.0 Å². The van der Waals surface area contributed by atoms with Gasteiger partial charge in [-0.05, 0) is 24.3 Å². The first-order chi connectivity index (χ1) is 12.3. The van der Waals surface area contributed by atoms with E-state index in [-0.39, 0.29) is 0 Å². The summed E-state index contributed by atoms with van der Waals surface area (Å²) in [4.78, 5) is 14.2. The van der Waals surface area contributed by atoms with Crippen LogP contribution in [0.4, 0.5) is 5.82 Å². The van der Waals surface area contributed by atoms with Crippen LogP contribution in [-0.4, -0.2) is 55.4 Å². The van der Waals surface area contributed by atoms with Crippen LogP contribution < -0.4 is 4.90 Å². The van der Waals surface area contributed by atoms with Crippen molar-refractivity contribution in [3.8, 4) is 0 Å². The molecule has 0 spiro atoms. The fraction of sp³-hybridized carbons (Fsp3) is 0.368. The fourth-order valence-electron chi connectivity index (χ4n) is 3.03. The Morgan fingerprint density at radius 2 is 2.00 bits per heavy atom. The van der Waals surface area contributed by atoms with Gasteiger partial charge >= 0.3 is 0 Å². The van der Waals surface area contributed by atoms with Crippen LogP contribution in [0.2, 0.25) is 5.02 Å². The molecular weight excluding hydrogens is 336 g/mol. The van der Waals surface area contributed by atoms with Crippen molar-refractivity contribution in [1.82, 2.24) is 9.88 Å². The van der Waals surface area contributed by atoms with Gasteiger partial charge in [-0.25, -0.2) is 4.98 Å². The molecule has 0 unspecified atom stereocenters. The fourth-order valence-corrected chi connectivity index (χ4v) is 3.22. The first kappa shape index (κ1) is 17.7. The quantitative estimate of drug-likeness (QED) is 0.587. The number of hydrogen-bond donors (Lipinski definition) is 0. The number of hydrogen-bond acceptors (Lipinski definition) is 5. The SMILES string of the molecule is CO/N=C(/CCN1CCN(c2ccccn2)CC1)c1cccc(Cl)c1. The molecule has 0 radical (unpaired) electrons. The largest absolute Gasteiger partial charge is 0.399 e. The topological polar surface area (TPSA) is 41.0 Å². The number of aromatic nitrogens is 1. The Kier molecular flexibility index (Phi) is 6.25. The number of halogens is 1. The maximum absolute atomic E-state index is 6.09. The zero-order chi connectivity index (χ0) is 17.5. The van der Waals surface area contributed by atoms with Crippen molar-refractivity contribution >= 4 is 23.1 Å². The molecule has 1 aliphatic rings. The van der Waals surface area contributed by atoms with E-state index in [2.05, 4.69) is 26.0 Å². The zero-order valence-electron chi connectivity index (χ0n) is 14.4. The van der Waals surface area contributed by atoms with Crippen molar-refractivity contribution in [2.75, 3.05) is 44.7 Å². The third-order valence-corrected chi connectivity index (χ3v) is 4.60. The molecule has 132 valence electrons. The van der Waals surface area contributed by atoms with Gasteiger partial charge in [0.05, 0.1) is 5.71 Å². The molecule has 1 fully saturated rings. The molecule has 1 saturated heterocycles. The van der Waals surface area contributed by atoms with Crippen LogP contribution in [-0.2, 0) is 4.84 Å². The van der Waals surface area contributed by atoms with E-state index in [1.54, 1.807) is 7.11 Å². The molecule has 1 aromatic carbocycles. The molecule has 1 aliphatic heterocycles. The number of oxime groups is 1. The maximum atomic E-state index is 6.09. The van der Waals surface area contributed by atoms with Gasteiger partial charge in [-0.15, -0.1) is 0 Å². The minimum Gasteiger partial charge on any atom is -0.399 e. The highest BCUT2D eigenvalue weighted by molar-refractivity contribution is 6.31. The second-order valence-electron chi connectivity index (χ2n) is 6.00. The number of rotatable bonds is 6. The summed E-state index contributed by atoms with van der Waals surface area (Å²) in [6.07, 6.45) is 2.68. The molecule has 0 amide bonds. The number of pyridine rings is 1. The first-order valence-corrected chi connectivity index (χ1v) is 8.88. The second-order valence-corrected chi connectivity index (χ2v) is 6.43. The van der Waals surface area contributed by atoms with Gasteiger partial charge in [0.15, 0.2) is 0 Å². The predicted molar refractivity (Wildman–Crippen MR) is 103 cm³/mol. The zero-order valence-corrected chi connectivity index (χ0v) is 15.2. The van der Waals surface area contributed by atoms with E-state index >= 15 is 0 Å². The van der Waals surface area contributed by atoms with Crippen molar-refractivity contribution in [2.24, 2.45) is 5.16 Å². The van der Waals surface area contributed by atoms with E-state index in [1.165, 1.54) is 0 Å². The molecule has 2 heterocycles. The van der Waals surface area contributed by atoms with E-state index in [0.717, 1.165) is 56.2 Å². The van der Waals surface area contributed by atoms with Crippen LogP contribution in [0.3, 0.4) is 0 Å². The van der Waals surface area contributed by atoms with E-state index in [1.807, 2.05) is 42.6 Å². The molecule has 0 aliphatic carbocycles. The smallest absolute Gasteiger partial charge is 0.128 e. The van der Waals surface area contributed by atoms with Gasteiger partial charge in [0, 0.05) is 55.9 Å². The lowest BCUT2D eigenvalue weighted by Crippen LogP contribution is -2.47. The molecule has 0 atom stereocenters. The summed E-state index contributed by atoms with van der Waals surface area (Å²) in [6.45, 7) is 4.97. The van der Waals surface area contributed by atoms with Crippen molar-refractivity contribution in [3.63, 3.8) is 0 Å². The Balaban J connectivity index is 1.54. The molecule has 2 aromatic rings. The van der Waals surface area contributed by atoms with Gasteiger partial charge < -0.3 is 9.74 Å². The van der Waals surface area contributed by atoms with Crippen molar-refractivity contribution in [2.45, 2.75) is 6.42 Å². The van der Waals surface area contributed by atoms with E-state index in [0.29, 0.717) is 5.02 Å². The van der Waals surface area contributed by atoms with Gasteiger partial charge in [0.1, 0.15) is 12.9 Å². The van der Waals surface area contributed by atoms with Crippen LogP contribution >= 0.6 is 11.6 Å². The number of piperazine rings is 1. The average Bonchev–Trinajstić information content (AvgIpc) is 2.66. The Bertz CT molecular complexity index is 700. The lowest BCUT2D eigenvalue weighted by atomic mass is 10.1. The second kappa shape index (κ2) is 8.83. The normalized spacial score (nSPS) is 16.1. The van der Waals surface area contributed by atoms with Gasteiger partial charge in [0.2, 0.25) is 0 Å². The number of anilines is 1. The summed E-state index contributed by atoms with van der Waals surface area (Å²) in [6, 6.07) is 13.8. The Morgan fingerprint density at radius 1 is 1.16 bits per heavy atom. The predicted octanol–water partition coefficient (Wildman–Crippen LogP) is 3.30. The van der Waals surface area contributed by atoms with Crippen molar-refractivity contribution < 1.29 is 4.84 Å². The monoisotopic (exact) mass is 358 g/mol. The van der Waals surface area contributed by atoms with Crippen LogP contribution in [0, 0.1) is 0 Å². The van der Waals surface area contributed by atoms with Gasteiger partial charge in [-0.2, -0.15) is 0 Å². The van der Waals surface area contributed by atoms with Gasteiger partial charge in [0.25, 0.3) is 0 Å². The maximum Gasteiger partial charge on any atom is 0.128 e. The molecule has 6 heteroatoms. The lowest BCUT2D eigenvalue weighted by molar-refractivity contribution is 0.211. The molecule has 3 rings (SSSR count). The summed E-state index contributed by atoms with van der Waals surface area (Å²) < 4.78 is 0. The summed E-state index contributed by atoms with van der Waals surface area (Å²) in [7, 11) is 1.58. The summed E-state index contributed by atoms with van der Waals surface area (Å²) in [5.74, 6) is 1.06. The molecule has 0 N–H and O–H groups in total. The van der Waals surface area contributed by atoms with Crippen LogP contribution in [0.25, 0.3) is 0 Å². The molecule has 1 aromatic heterocycles. The van der Waals surface area contributed by atoms with Crippen molar-refractivity contribution in [1.29, 1.82) is 0 Å². The third-order valence-electron chi connectivity index (χ3n) is 4.37. The van der Waals surface area contributed by atoms with E-state index in [9.17, 15) is 0 Å². The minimum atomic E-state index is 0.713. The van der Waals surface area contributed by atoms with Crippen LogP contribution in [0.5, 0.6) is 0 Å². The first-order valence-electron chi connectivity index (χ1n) is 8.50.